The highest BCUT2D eigenvalue weighted by Crippen LogP contribution is 2.32. The zero-order valence-electron chi connectivity index (χ0n) is 19.8. The molecule has 1 aromatic heterocycles. The van der Waals surface area contributed by atoms with Gasteiger partial charge in [0.2, 0.25) is 11.8 Å². The normalized spacial score (nSPS) is 12.2. The molecule has 2 heterocycles. The molecule has 0 saturated carbocycles. The van der Waals surface area contributed by atoms with Gasteiger partial charge in [-0.2, -0.15) is 0 Å². The number of hydrogen-bond acceptors (Lipinski definition) is 8. The van der Waals surface area contributed by atoms with E-state index in [1.165, 1.54) is 16.7 Å². The zero-order chi connectivity index (χ0) is 24.8. The lowest BCUT2D eigenvalue weighted by Gasteiger charge is -2.21. The first kappa shape index (κ1) is 24.4. The summed E-state index contributed by atoms with van der Waals surface area (Å²) in [6.45, 7) is 4.99. The number of hydrogen-bond donors (Lipinski definition) is 1. The van der Waals surface area contributed by atoms with Crippen LogP contribution in [0.2, 0.25) is 0 Å². The quantitative estimate of drug-likeness (QED) is 0.450. The molecule has 1 N–H and O–H groups in total. The van der Waals surface area contributed by atoms with Gasteiger partial charge in [0.25, 0.3) is 0 Å². The van der Waals surface area contributed by atoms with Gasteiger partial charge < -0.3 is 24.4 Å². The van der Waals surface area contributed by atoms with Crippen molar-refractivity contribution >= 4 is 29.3 Å². The molecule has 0 radical (unpaired) electrons. The van der Waals surface area contributed by atoms with Crippen LogP contribution in [0, 0.1) is 6.92 Å². The number of carbonyl (C=O) groups is 2. The second-order valence-electron chi connectivity index (χ2n) is 7.67. The molecule has 11 heteroatoms. The van der Waals surface area contributed by atoms with E-state index in [1.54, 1.807) is 25.3 Å². The SMILES string of the molecule is CCN(CC(=O)Nc1ccc2c(c1)OCCO2)C(=O)CSc1nnc(C)n1-c1ccc(OC)cc1. The lowest BCUT2D eigenvalue weighted by Crippen LogP contribution is -2.38. The number of fused-ring (bicyclic) bond motifs is 1. The summed E-state index contributed by atoms with van der Waals surface area (Å²) in [6.07, 6.45) is 0. The number of carbonyl (C=O) groups excluding carboxylic acids is 2. The number of nitrogens with one attached hydrogen (secondary N) is 1. The molecule has 0 bridgehead atoms. The molecular weight excluding hydrogens is 470 g/mol. The van der Waals surface area contributed by atoms with E-state index in [2.05, 4.69) is 15.5 Å². The fourth-order valence-electron chi connectivity index (χ4n) is 3.55. The van der Waals surface area contributed by atoms with Gasteiger partial charge in [0, 0.05) is 24.0 Å². The summed E-state index contributed by atoms with van der Waals surface area (Å²) in [5.74, 6) is 2.35. The monoisotopic (exact) mass is 497 g/mol. The number of thioether (sulfide) groups is 1. The van der Waals surface area contributed by atoms with Crippen molar-refractivity contribution in [2.24, 2.45) is 0 Å². The molecule has 3 aromatic rings. The Bertz CT molecular complexity index is 1200. The van der Waals surface area contributed by atoms with Crippen molar-refractivity contribution in [3.63, 3.8) is 0 Å². The molecule has 2 amide bonds. The van der Waals surface area contributed by atoms with Crippen LogP contribution in [0.15, 0.2) is 47.6 Å². The Morgan fingerprint density at radius 1 is 1.11 bits per heavy atom. The van der Waals surface area contributed by atoms with Crippen LogP contribution in [0.5, 0.6) is 17.2 Å². The molecule has 4 rings (SSSR count). The second kappa shape index (κ2) is 11.1. The first-order chi connectivity index (χ1) is 17.0. The number of amides is 2. The van der Waals surface area contributed by atoms with Crippen molar-refractivity contribution in [1.29, 1.82) is 0 Å². The molecule has 0 unspecified atom stereocenters. The lowest BCUT2D eigenvalue weighted by atomic mass is 10.2. The number of rotatable bonds is 9. The molecule has 0 spiro atoms. The number of methoxy groups -OCH3 is 1. The summed E-state index contributed by atoms with van der Waals surface area (Å²) in [5, 5.41) is 11.8. The van der Waals surface area contributed by atoms with Gasteiger partial charge >= 0.3 is 0 Å². The average molecular weight is 498 g/mol. The largest absolute Gasteiger partial charge is 0.497 e. The summed E-state index contributed by atoms with van der Waals surface area (Å²) in [7, 11) is 1.61. The van der Waals surface area contributed by atoms with Crippen LogP contribution in [-0.4, -0.2) is 70.6 Å². The topological polar surface area (TPSA) is 108 Å². The Morgan fingerprint density at radius 3 is 2.57 bits per heavy atom. The number of benzene rings is 2. The second-order valence-corrected chi connectivity index (χ2v) is 8.61. The lowest BCUT2D eigenvalue weighted by molar-refractivity contribution is -0.132. The van der Waals surface area contributed by atoms with Crippen LogP contribution in [-0.2, 0) is 9.59 Å². The van der Waals surface area contributed by atoms with Crippen LogP contribution in [0.4, 0.5) is 5.69 Å². The van der Waals surface area contributed by atoms with Crippen LogP contribution < -0.4 is 19.5 Å². The summed E-state index contributed by atoms with van der Waals surface area (Å²) < 4.78 is 18.1. The maximum Gasteiger partial charge on any atom is 0.243 e. The minimum Gasteiger partial charge on any atom is -0.497 e. The van der Waals surface area contributed by atoms with Gasteiger partial charge in [0.1, 0.15) is 24.8 Å². The molecule has 0 aliphatic carbocycles. The van der Waals surface area contributed by atoms with Gasteiger partial charge in [-0.05, 0) is 50.2 Å². The predicted molar refractivity (Wildman–Crippen MR) is 132 cm³/mol. The molecule has 35 heavy (non-hydrogen) atoms. The Morgan fingerprint density at radius 2 is 1.86 bits per heavy atom. The van der Waals surface area contributed by atoms with Crippen LogP contribution >= 0.6 is 11.8 Å². The molecule has 0 saturated heterocycles. The average Bonchev–Trinajstić information content (AvgIpc) is 3.25. The molecule has 1 aliphatic heterocycles. The fourth-order valence-corrected chi connectivity index (χ4v) is 4.45. The van der Waals surface area contributed by atoms with Gasteiger partial charge in [0.05, 0.1) is 19.4 Å². The van der Waals surface area contributed by atoms with Crippen molar-refractivity contribution in [1.82, 2.24) is 19.7 Å². The van der Waals surface area contributed by atoms with E-state index in [9.17, 15) is 9.59 Å². The van der Waals surface area contributed by atoms with Crippen LogP contribution in [0.1, 0.15) is 12.7 Å². The highest BCUT2D eigenvalue weighted by Gasteiger charge is 2.19. The third-order valence-corrected chi connectivity index (χ3v) is 6.26. The number of ether oxygens (including phenoxy) is 3. The van der Waals surface area contributed by atoms with E-state index in [-0.39, 0.29) is 24.1 Å². The van der Waals surface area contributed by atoms with Gasteiger partial charge in [-0.1, -0.05) is 11.8 Å². The third-order valence-electron chi connectivity index (χ3n) is 5.35. The minimum atomic E-state index is -0.292. The van der Waals surface area contributed by atoms with E-state index >= 15 is 0 Å². The summed E-state index contributed by atoms with van der Waals surface area (Å²) in [5.41, 5.74) is 1.45. The molecule has 184 valence electrons. The summed E-state index contributed by atoms with van der Waals surface area (Å²) in [6, 6.07) is 12.7. The van der Waals surface area contributed by atoms with Crippen molar-refractivity contribution < 1.29 is 23.8 Å². The van der Waals surface area contributed by atoms with Crippen LogP contribution in [0.3, 0.4) is 0 Å². The Labute approximate surface area is 207 Å². The molecule has 2 aromatic carbocycles. The van der Waals surface area contributed by atoms with Gasteiger partial charge in [-0.25, -0.2) is 0 Å². The fraction of sp³-hybridized carbons (Fsp3) is 0.333. The van der Waals surface area contributed by atoms with E-state index in [0.29, 0.717) is 47.9 Å². The first-order valence-electron chi connectivity index (χ1n) is 11.1. The van der Waals surface area contributed by atoms with Crippen molar-refractivity contribution in [2.45, 2.75) is 19.0 Å². The van der Waals surface area contributed by atoms with E-state index in [4.69, 9.17) is 14.2 Å². The van der Waals surface area contributed by atoms with Crippen molar-refractivity contribution in [3.05, 3.63) is 48.3 Å². The molecule has 0 fully saturated rings. The zero-order valence-corrected chi connectivity index (χ0v) is 20.6. The van der Waals surface area contributed by atoms with Crippen LogP contribution in [0.25, 0.3) is 5.69 Å². The number of likely N-dealkylation sites (N-methyl/N-ethyl adjacent to an activating group) is 1. The number of nitrogens with zero attached hydrogens (tertiary/aromatic N) is 4. The molecular formula is C24H27N5O5S. The predicted octanol–water partition coefficient (Wildman–Crippen LogP) is 2.93. The minimum absolute atomic E-state index is 0.0610. The highest BCUT2D eigenvalue weighted by molar-refractivity contribution is 7.99. The first-order valence-corrected chi connectivity index (χ1v) is 12.1. The molecule has 1 aliphatic rings. The van der Waals surface area contributed by atoms with Gasteiger partial charge in [0.15, 0.2) is 16.7 Å². The Kier molecular flexibility index (Phi) is 7.76. The highest BCUT2D eigenvalue weighted by atomic mass is 32.2. The maximum absolute atomic E-state index is 12.9. The maximum atomic E-state index is 12.9. The molecule has 0 atom stereocenters. The number of anilines is 1. The van der Waals surface area contributed by atoms with Crippen molar-refractivity contribution in [3.8, 4) is 22.9 Å². The Hall–Kier alpha value is -3.73. The summed E-state index contributed by atoms with van der Waals surface area (Å²) in [4.78, 5) is 27.0. The van der Waals surface area contributed by atoms with E-state index in [1.807, 2.05) is 42.7 Å². The summed E-state index contributed by atoms with van der Waals surface area (Å²) >= 11 is 1.28. The van der Waals surface area contributed by atoms with Crippen molar-refractivity contribution in [2.75, 3.05) is 44.5 Å². The van der Waals surface area contributed by atoms with E-state index in [0.717, 1.165) is 11.4 Å². The number of aryl methyl sites for hydroxylation is 1. The molecule has 10 nitrogen and oxygen atoms in total. The van der Waals surface area contributed by atoms with Gasteiger partial charge in [-0.15, -0.1) is 10.2 Å². The van der Waals surface area contributed by atoms with E-state index < -0.39 is 0 Å². The standard InChI is InChI=1S/C24H27N5O5S/c1-4-28(14-22(30)25-17-5-10-20-21(13-17)34-12-11-33-20)23(31)15-35-24-27-26-16(2)29(24)18-6-8-19(32-3)9-7-18/h5-10,13H,4,11-12,14-15H2,1-3H3,(H,25,30). The third kappa shape index (κ3) is 5.86. The Balaban J connectivity index is 1.35. The smallest absolute Gasteiger partial charge is 0.243 e. The number of aromatic nitrogens is 3. The van der Waals surface area contributed by atoms with Gasteiger partial charge in [-0.3, -0.25) is 14.2 Å².